The van der Waals surface area contributed by atoms with E-state index in [1.54, 1.807) is 24.3 Å². The minimum Gasteiger partial charge on any atom is -0.500 e. The lowest BCUT2D eigenvalue weighted by Crippen LogP contribution is -2.19. The van der Waals surface area contributed by atoms with Crippen LogP contribution in [-0.4, -0.2) is 34.8 Å². The number of amidine groups is 1. The minimum atomic E-state index is -0.722. The number of carbonyl (C=O) groups is 1. The molecule has 0 saturated carbocycles. The van der Waals surface area contributed by atoms with E-state index in [1.165, 1.54) is 25.3 Å². The average Bonchev–Trinajstić information content (AvgIpc) is 3.03. The zero-order valence-corrected chi connectivity index (χ0v) is 16.4. The number of phenols is 1. The number of rotatable bonds is 6. The van der Waals surface area contributed by atoms with E-state index in [2.05, 4.69) is 10.3 Å². The van der Waals surface area contributed by atoms with Gasteiger partial charge in [0, 0.05) is 6.07 Å². The molecule has 0 radical (unpaired) electrons. The molecular formula is C19H17N3O6S. The molecule has 3 rings (SSSR count). The molecule has 0 aliphatic carbocycles. The first-order valence-electron chi connectivity index (χ1n) is 8.49. The third-order valence-corrected chi connectivity index (χ3v) is 4.73. The second kappa shape index (κ2) is 8.65. The predicted molar refractivity (Wildman–Crippen MR) is 110 cm³/mol. The number of thioether (sulfide) groups is 1. The Balaban J connectivity index is 1.85. The third kappa shape index (κ3) is 4.66. The van der Waals surface area contributed by atoms with E-state index in [0.29, 0.717) is 27.9 Å². The van der Waals surface area contributed by atoms with Crippen molar-refractivity contribution < 1.29 is 24.3 Å². The molecule has 1 aliphatic rings. The van der Waals surface area contributed by atoms with Gasteiger partial charge in [-0.3, -0.25) is 14.9 Å². The maximum atomic E-state index is 12.2. The van der Waals surface area contributed by atoms with Gasteiger partial charge in [0.05, 0.1) is 29.2 Å². The zero-order valence-electron chi connectivity index (χ0n) is 15.5. The Hall–Kier alpha value is -3.53. The topological polar surface area (TPSA) is 123 Å². The van der Waals surface area contributed by atoms with Gasteiger partial charge in [0.15, 0.2) is 10.9 Å². The number of hydrogen-bond acceptors (Lipinski definition) is 8. The monoisotopic (exact) mass is 415 g/mol. The Morgan fingerprint density at radius 3 is 2.66 bits per heavy atom. The number of aliphatic imine (C=N–C) groups is 1. The molecule has 150 valence electrons. The molecule has 0 atom stereocenters. The standard InChI is InChI=1S/C19H17N3O6S/c1-3-28-13-6-4-12(5-7-13)20-19-21-18(24)16(29-19)10-11-8-14(22(25)26)17(23)15(9-11)27-2/h4-10,23H,3H2,1-2H3,(H,20,21,24)/b16-10+. The van der Waals surface area contributed by atoms with E-state index in [1.807, 2.05) is 6.92 Å². The highest BCUT2D eigenvalue weighted by molar-refractivity contribution is 8.18. The SMILES string of the molecule is CCOc1ccc(N=C2NC(=O)/C(=C\c3cc(OC)c(O)c([N+](=O)[O-])c3)S2)cc1. The van der Waals surface area contributed by atoms with Gasteiger partial charge in [0.25, 0.3) is 5.91 Å². The molecule has 0 aromatic heterocycles. The molecule has 1 fully saturated rings. The van der Waals surface area contributed by atoms with Crippen molar-refractivity contribution in [3.8, 4) is 17.2 Å². The molecule has 1 heterocycles. The first-order chi connectivity index (χ1) is 13.9. The number of amides is 1. The van der Waals surface area contributed by atoms with Crippen molar-refractivity contribution in [1.82, 2.24) is 5.32 Å². The summed E-state index contributed by atoms with van der Waals surface area (Å²) in [5.41, 5.74) is 0.466. The van der Waals surface area contributed by atoms with Gasteiger partial charge in [0.1, 0.15) is 5.75 Å². The second-order valence-corrected chi connectivity index (χ2v) is 6.79. The summed E-state index contributed by atoms with van der Waals surface area (Å²) in [5.74, 6) is -0.281. The molecule has 0 spiro atoms. The molecule has 0 unspecified atom stereocenters. The van der Waals surface area contributed by atoms with Crippen LogP contribution in [0, 0.1) is 10.1 Å². The Bertz CT molecular complexity index is 1020. The molecule has 2 aromatic carbocycles. The van der Waals surface area contributed by atoms with Crippen LogP contribution in [0.25, 0.3) is 6.08 Å². The lowest BCUT2D eigenvalue weighted by molar-refractivity contribution is -0.386. The van der Waals surface area contributed by atoms with Crippen molar-refractivity contribution in [1.29, 1.82) is 0 Å². The number of nitrogens with zero attached hydrogens (tertiary/aromatic N) is 2. The molecule has 29 heavy (non-hydrogen) atoms. The summed E-state index contributed by atoms with van der Waals surface area (Å²) in [6.45, 7) is 2.46. The number of hydrogen-bond donors (Lipinski definition) is 2. The fourth-order valence-corrected chi connectivity index (χ4v) is 3.37. The molecule has 1 saturated heterocycles. The maximum Gasteiger partial charge on any atom is 0.315 e. The lowest BCUT2D eigenvalue weighted by atomic mass is 10.1. The highest BCUT2D eigenvalue weighted by Crippen LogP contribution is 2.38. The summed E-state index contributed by atoms with van der Waals surface area (Å²) in [4.78, 5) is 27.3. The van der Waals surface area contributed by atoms with Crippen molar-refractivity contribution in [2.24, 2.45) is 4.99 Å². The van der Waals surface area contributed by atoms with Gasteiger partial charge in [-0.15, -0.1) is 0 Å². The van der Waals surface area contributed by atoms with Crippen LogP contribution in [0.5, 0.6) is 17.2 Å². The Morgan fingerprint density at radius 1 is 1.31 bits per heavy atom. The molecule has 10 heteroatoms. The van der Waals surface area contributed by atoms with Crippen molar-refractivity contribution in [3.05, 3.63) is 57.0 Å². The van der Waals surface area contributed by atoms with E-state index in [0.717, 1.165) is 17.5 Å². The van der Waals surface area contributed by atoms with Crippen LogP contribution >= 0.6 is 11.8 Å². The normalized spacial score (nSPS) is 16.1. The number of phenolic OH excluding ortho intramolecular Hbond substituents is 1. The van der Waals surface area contributed by atoms with Gasteiger partial charge in [0.2, 0.25) is 5.75 Å². The van der Waals surface area contributed by atoms with Crippen molar-refractivity contribution in [2.45, 2.75) is 6.92 Å². The van der Waals surface area contributed by atoms with Crippen LogP contribution in [0.3, 0.4) is 0 Å². The van der Waals surface area contributed by atoms with E-state index in [9.17, 15) is 20.0 Å². The van der Waals surface area contributed by atoms with E-state index in [-0.39, 0.29) is 11.7 Å². The first kappa shape index (κ1) is 20.2. The fourth-order valence-electron chi connectivity index (χ4n) is 2.52. The molecule has 1 aliphatic heterocycles. The van der Waals surface area contributed by atoms with Crippen LogP contribution in [0.15, 0.2) is 46.3 Å². The molecule has 2 aromatic rings. The van der Waals surface area contributed by atoms with Gasteiger partial charge >= 0.3 is 5.69 Å². The Labute approximate surface area is 170 Å². The van der Waals surface area contributed by atoms with Gasteiger partial charge in [-0.05, 0) is 60.7 Å². The summed E-state index contributed by atoms with van der Waals surface area (Å²) in [7, 11) is 1.29. The summed E-state index contributed by atoms with van der Waals surface area (Å²) in [5, 5.41) is 24.0. The second-order valence-electron chi connectivity index (χ2n) is 5.76. The van der Waals surface area contributed by atoms with Gasteiger partial charge < -0.3 is 19.9 Å². The van der Waals surface area contributed by atoms with Crippen LogP contribution < -0.4 is 14.8 Å². The number of carbonyl (C=O) groups excluding carboxylic acids is 1. The van der Waals surface area contributed by atoms with E-state index < -0.39 is 16.4 Å². The highest BCUT2D eigenvalue weighted by Gasteiger charge is 2.25. The average molecular weight is 415 g/mol. The first-order valence-corrected chi connectivity index (χ1v) is 9.30. The van der Waals surface area contributed by atoms with E-state index >= 15 is 0 Å². The summed E-state index contributed by atoms with van der Waals surface area (Å²) < 4.78 is 10.3. The lowest BCUT2D eigenvalue weighted by Gasteiger charge is -2.05. The van der Waals surface area contributed by atoms with Crippen molar-refractivity contribution >= 4 is 40.3 Å². The number of aromatic hydroxyl groups is 1. The van der Waals surface area contributed by atoms with Gasteiger partial charge in [-0.2, -0.15) is 0 Å². The number of methoxy groups -OCH3 is 1. The fraction of sp³-hybridized carbons (Fsp3) is 0.158. The van der Waals surface area contributed by atoms with Crippen LogP contribution in [0.2, 0.25) is 0 Å². The number of ether oxygens (including phenoxy) is 2. The molecule has 9 nitrogen and oxygen atoms in total. The van der Waals surface area contributed by atoms with Crippen molar-refractivity contribution in [3.63, 3.8) is 0 Å². The molecule has 2 N–H and O–H groups in total. The van der Waals surface area contributed by atoms with Crippen molar-refractivity contribution in [2.75, 3.05) is 13.7 Å². The van der Waals surface area contributed by atoms with E-state index in [4.69, 9.17) is 9.47 Å². The minimum absolute atomic E-state index is 0.0577. The summed E-state index contributed by atoms with van der Waals surface area (Å²) >= 11 is 1.10. The van der Waals surface area contributed by atoms with Crippen LogP contribution in [0.4, 0.5) is 11.4 Å². The molecular weight excluding hydrogens is 398 g/mol. The molecule has 1 amide bonds. The number of nitrogens with one attached hydrogen (secondary N) is 1. The zero-order chi connectivity index (χ0) is 21.0. The molecule has 0 bridgehead atoms. The van der Waals surface area contributed by atoms with Crippen LogP contribution in [-0.2, 0) is 4.79 Å². The van der Waals surface area contributed by atoms with Gasteiger partial charge in [-0.1, -0.05) is 0 Å². The quantitative estimate of drug-likeness (QED) is 0.420. The smallest absolute Gasteiger partial charge is 0.315 e. The number of benzene rings is 2. The summed E-state index contributed by atoms with van der Waals surface area (Å²) in [6, 6.07) is 9.66. The third-order valence-electron chi connectivity index (χ3n) is 3.82. The van der Waals surface area contributed by atoms with Gasteiger partial charge in [-0.25, -0.2) is 4.99 Å². The van der Waals surface area contributed by atoms with Crippen LogP contribution in [0.1, 0.15) is 12.5 Å². The Kier molecular flexibility index (Phi) is 6.03. The number of nitro benzene ring substituents is 1. The predicted octanol–water partition coefficient (Wildman–Crippen LogP) is 3.60. The summed E-state index contributed by atoms with van der Waals surface area (Å²) in [6.07, 6.45) is 1.47. The highest BCUT2D eigenvalue weighted by atomic mass is 32.2. The number of nitro groups is 1. The largest absolute Gasteiger partial charge is 0.500 e. The maximum absolute atomic E-state index is 12.2. The Morgan fingerprint density at radius 2 is 2.03 bits per heavy atom.